The highest BCUT2D eigenvalue weighted by atomic mass is 16.4. The molecule has 0 saturated carbocycles. The van der Waals surface area contributed by atoms with E-state index >= 15 is 0 Å². The van der Waals surface area contributed by atoms with E-state index in [-0.39, 0.29) is 23.8 Å². The van der Waals surface area contributed by atoms with Gasteiger partial charge >= 0.3 is 5.97 Å². The molecule has 1 fully saturated rings. The van der Waals surface area contributed by atoms with E-state index in [0.29, 0.717) is 5.76 Å². The smallest absolute Gasteiger partial charge is 0.371 e. The zero-order chi connectivity index (χ0) is 13.3. The van der Waals surface area contributed by atoms with Gasteiger partial charge in [0.05, 0.1) is 12.1 Å². The summed E-state index contributed by atoms with van der Waals surface area (Å²) in [7, 11) is 1.77. The van der Waals surface area contributed by atoms with Crippen molar-refractivity contribution in [2.75, 3.05) is 13.6 Å². The van der Waals surface area contributed by atoms with Crippen LogP contribution in [0.5, 0.6) is 0 Å². The fourth-order valence-corrected chi connectivity index (χ4v) is 2.06. The van der Waals surface area contributed by atoms with E-state index in [4.69, 9.17) is 9.52 Å². The van der Waals surface area contributed by atoms with Gasteiger partial charge in [-0.2, -0.15) is 0 Å². The third-order valence-electron chi connectivity index (χ3n) is 3.14. The van der Waals surface area contributed by atoms with Gasteiger partial charge in [0.25, 0.3) is 0 Å². The summed E-state index contributed by atoms with van der Waals surface area (Å²) in [5, 5.41) is 11.9. The van der Waals surface area contributed by atoms with E-state index in [9.17, 15) is 9.59 Å². The van der Waals surface area contributed by atoms with Crippen LogP contribution in [0.3, 0.4) is 0 Å². The van der Waals surface area contributed by atoms with Crippen LogP contribution in [-0.2, 0) is 4.79 Å². The number of carboxylic acids is 1. The number of likely N-dealkylation sites (N-methyl/N-ethyl adjacent to an activating group) is 1. The highest BCUT2D eigenvalue weighted by Crippen LogP contribution is 2.19. The normalized spacial score (nSPS) is 21.3. The maximum absolute atomic E-state index is 11.7. The largest absolute Gasteiger partial charge is 0.475 e. The van der Waals surface area contributed by atoms with Gasteiger partial charge in [0.15, 0.2) is 0 Å². The molecule has 1 aliphatic rings. The quantitative estimate of drug-likeness (QED) is 0.830. The molecule has 1 amide bonds. The second-order valence-corrected chi connectivity index (χ2v) is 4.50. The minimum Gasteiger partial charge on any atom is -0.475 e. The molecule has 2 heterocycles. The monoisotopic (exact) mass is 252 g/mol. The number of furan rings is 1. The van der Waals surface area contributed by atoms with Crippen LogP contribution in [0.25, 0.3) is 0 Å². The third kappa shape index (κ3) is 2.38. The van der Waals surface area contributed by atoms with Crippen molar-refractivity contribution in [2.24, 2.45) is 0 Å². The summed E-state index contributed by atoms with van der Waals surface area (Å²) in [6.45, 7) is 2.58. The SMILES string of the molecule is CC(NC1CCN(C)C1=O)c1ccc(C(=O)O)o1. The third-order valence-corrected chi connectivity index (χ3v) is 3.14. The van der Waals surface area contributed by atoms with E-state index in [1.165, 1.54) is 6.07 Å². The maximum Gasteiger partial charge on any atom is 0.371 e. The molecule has 0 bridgehead atoms. The fourth-order valence-electron chi connectivity index (χ4n) is 2.06. The molecule has 2 unspecified atom stereocenters. The van der Waals surface area contributed by atoms with Crippen molar-refractivity contribution in [1.82, 2.24) is 10.2 Å². The number of hydrogen-bond donors (Lipinski definition) is 2. The average molecular weight is 252 g/mol. The molecule has 1 saturated heterocycles. The lowest BCUT2D eigenvalue weighted by atomic mass is 10.2. The highest BCUT2D eigenvalue weighted by Gasteiger charge is 2.30. The van der Waals surface area contributed by atoms with Crippen molar-refractivity contribution in [3.63, 3.8) is 0 Å². The van der Waals surface area contributed by atoms with Gasteiger partial charge in [0.2, 0.25) is 11.7 Å². The van der Waals surface area contributed by atoms with E-state index < -0.39 is 5.97 Å². The molecule has 6 heteroatoms. The molecule has 0 aromatic carbocycles. The second-order valence-electron chi connectivity index (χ2n) is 4.50. The number of carbonyl (C=O) groups excluding carboxylic acids is 1. The second kappa shape index (κ2) is 4.81. The topological polar surface area (TPSA) is 82.8 Å². The standard InChI is InChI=1S/C12H16N2O4/c1-7(9-3-4-10(18-9)12(16)17)13-8-5-6-14(2)11(8)15/h3-4,7-8,13H,5-6H2,1-2H3,(H,16,17). The Kier molecular flexibility index (Phi) is 3.38. The molecule has 18 heavy (non-hydrogen) atoms. The number of nitrogens with zero attached hydrogens (tertiary/aromatic N) is 1. The van der Waals surface area contributed by atoms with Crippen LogP contribution in [-0.4, -0.2) is 41.5 Å². The number of likely N-dealkylation sites (tertiary alicyclic amines) is 1. The molecule has 2 rings (SSSR count). The molecule has 0 spiro atoms. The summed E-state index contributed by atoms with van der Waals surface area (Å²) in [4.78, 5) is 24.1. The molecule has 2 N–H and O–H groups in total. The number of carboxylic acid groups (broad SMARTS) is 1. The van der Waals surface area contributed by atoms with Gasteiger partial charge in [-0.3, -0.25) is 10.1 Å². The van der Waals surface area contributed by atoms with Crippen LogP contribution in [0, 0.1) is 0 Å². The number of rotatable bonds is 4. The first-order valence-corrected chi connectivity index (χ1v) is 5.83. The number of amides is 1. The van der Waals surface area contributed by atoms with Crippen LogP contribution in [0.1, 0.15) is 35.7 Å². The molecule has 0 radical (unpaired) electrons. The number of nitrogens with one attached hydrogen (secondary N) is 1. The lowest BCUT2D eigenvalue weighted by Gasteiger charge is -2.16. The van der Waals surface area contributed by atoms with E-state index in [2.05, 4.69) is 5.32 Å². The van der Waals surface area contributed by atoms with Crippen LogP contribution in [0.15, 0.2) is 16.5 Å². The van der Waals surface area contributed by atoms with Crippen LogP contribution in [0.2, 0.25) is 0 Å². The van der Waals surface area contributed by atoms with Gasteiger partial charge in [-0.25, -0.2) is 4.79 Å². The van der Waals surface area contributed by atoms with Crippen LogP contribution < -0.4 is 5.32 Å². The van der Waals surface area contributed by atoms with Gasteiger partial charge in [-0.05, 0) is 25.5 Å². The van der Waals surface area contributed by atoms with E-state index in [1.54, 1.807) is 18.0 Å². The predicted molar refractivity (Wildman–Crippen MR) is 63.3 cm³/mol. The van der Waals surface area contributed by atoms with Crippen molar-refractivity contribution < 1.29 is 19.1 Å². The van der Waals surface area contributed by atoms with Crippen molar-refractivity contribution in [2.45, 2.75) is 25.4 Å². The summed E-state index contributed by atoms with van der Waals surface area (Å²) < 4.78 is 5.19. The molecule has 1 aliphatic heterocycles. The Labute approximate surface area is 105 Å². The van der Waals surface area contributed by atoms with Gasteiger partial charge in [-0.15, -0.1) is 0 Å². The zero-order valence-electron chi connectivity index (χ0n) is 10.3. The highest BCUT2D eigenvalue weighted by molar-refractivity contribution is 5.84. The van der Waals surface area contributed by atoms with Gasteiger partial charge in [0.1, 0.15) is 5.76 Å². The van der Waals surface area contributed by atoms with Crippen molar-refractivity contribution >= 4 is 11.9 Å². The number of carbonyl (C=O) groups is 2. The molecule has 98 valence electrons. The predicted octanol–water partition coefficient (Wildman–Crippen LogP) is 0.859. The minimum atomic E-state index is -1.09. The van der Waals surface area contributed by atoms with Crippen molar-refractivity contribution in [1.29, 1.82) is 0 Å². The van der Waals surface area contributed by atoms with Crippen LogP contribution in [0.4, 0.5) is 0 Å². The average Bonchev–Trinajstić information content (AvgIpc) is 2.91. The fraction of sp³-hybridized carbons (Fsp3) is 0.500. The molecule has 0 aliphatic carbocycles. The Bertz CT molecular complexity index is 468. The lowest BCUT2D eigenvalue weighted by molar-refractivity contribution is -0.128. The van der Waals surface area contributed by atoms with Crippen molar-refractivity contribution in [3.05, 3.63) is 23.7 Å². The number of hydrogen-bond acceptors (Lipinski definition) is 4. The van der Waals surface area contributed by atoms with Gasteiger partial charge < -0.3 is 14.4 Å². The Morgan fingerprint density at radius 1 is 1.61 bits per heavy atom. The van der Waals surface area contributed by atoms with Crippen LogP contribution >= 0.6 is 0 Å². The summed E-state index contributed by atoms with van der Waals surface area (Å²) in [5.74, 6) is -0.597. The summed E-state index contributed by atoms with van der Waals surface area (Å²) >= 11 is 0. The molecule has 6 nitrogen and oxygen atoms in total. The Morgan fingerprint density at radius 3 is 2.83 bits per heavy atom. The molecular formula is C12H16N2O4. The molecule has 1 aromatic rings. The number of aromatic carboxylic acids is 1. The lowest BCUT2D eigenvalue weighted by Crippen LogP contribution is -2.38. The summed E-state index contributed by atoms with van der Waals surface area (Å²) in [5.41, 5.74) is 0. The van der Waals surface area contributed by atoms with E-state index in [0.717, 1.165) is 13.0 Å². The Morgan fingerprint density at radius 2 is 2.33 bits per heavy atom. The van der Waals surface area contributed by atoms with Gasteiger partial charge in [0, 0.05) is 13.6 Å². The molecular weight excluding hydrogens is 236 g/mol. The minimum absolute atomic E-state index is 0.0619. The van der Waals surface area contributed by atoms with Gasteiger partial charge in [-0.1, -0.05) is 0 Å². The first kappa shape index (κ1) is 12.6. The maximum atomic E-state index is 11.7. The summed E-state index contributed by atoms with van der Waals surface area (Å²) in [6, 6.07) is 2.62. The molecule has 2 atom stereocenters. The zero-order valence-corrected chi connectivity index (χ0v) is 10.3. The Balaban J connectivity index is 2.01. The Hall–Kier alpha value is -1.82. The first-order valence-electron chi connectivity index (χ1n) is 5.83. The first-order chi connectivity index (χ1) is 8.49. The van der Waals surface area contributed by atoms with Crippen molar-refractivity contribution in [3.8, 4) is 0 Å². The van der Waals surface area contributed by atoms with E-state index in [1.807, 2.05) is 6.92 Å². The summed E-state index contributed by atoms with van der Waals surface area (Å²) in [6.07, 6.45) is 0.756. The molecule has 1 aromatic heterocycles.